The third-order valence-electron chi connectivity index (χ3n) is 4.35. The van der Waals surface area contributed by atoms with E-state index in [1.807, 2.05) is 13.8 Å². The molecule has 0 saturated carbocycles. The summed E-state index contributed by atoms with van der Waals surface area (Å²) in [5.41, 5.74) is 0.476. The number of piperidine rings is 1. The molecule has 1 aromatic carbocycles. The van der Waals surface area contributed by atoms with E-state index in [2.05, 4.69) is 22.3 Å². The largest absolute Gasteiger partial charge is 0.349 e. The molecule has 3 unspecified atom stereocenters. The molecule has 0 radical (unpaired) electrons. The van der Waals surface area contributed by atoms with Gasteiger partial charge in [-0.25, -0.2) is 13.1 Å². The molecular formula is C17H28ClN3O3S. The average molecular weight is 390 g/mol. The Morgan fingerprint density at radius 2 is 1.96 bits per heavy atom. The summed E-state index contributed by atoms with van der Waals surface area (Å²) >= 11 is 0. The Labute approximate surface area is 156 Å². The van der Waals surface area contributed by atoms with Crippen LogP contribution in [0.15, 0.2) is 29.2 Å². The van der Waals surface area contributed by atoms with Crippen molar-refractivity contribution in [3.05, 3.63) is 29.8 Å². The van der Waals surface area contributed by atoms with Gasteiger partial charge in [-0.05, 0) is 63.9 Å². The standard InChI is InChI=1S/C17H27N3O3S.ClH/c1-4-12(2)20-24(22,23)16-7-5-14(6-8-16)17(21)19-15-9-10-18-13(3)11-15;/h5-8,12-13,15,18,20H,4,9-11H2,1-3H3,(H,19,21);1H. The van der Waals surface area contributed by atoms with E-state index < -0.39 is 10.0 Å². The molecule has 6 nitrogen and oxygen atoms in total. The van der Waals surface area contributed by atoms with Gasteiger partial charge in [0.05, 0.1) is 4.90 Å². The van der Waals surface area contributed by atoms with Gasteiger partial charge >= 0.3 is 0 Å². The zero-order valence-electron chi connectivity index (χ0n) is 14.9. The van der Waals surface area contributed by atoms with Gasteiger partial charge in [-0.3, -0.25) is 4.79 Å². The second-order valence-electron chi connectivity index (χ2n) is 6.50. The molecule has 3 N–H and O–H groups in total. The molecule has 1 fully saturated rings. The van der Waals surface area contributed by atoms with Gasteiger partial charge in [0, 0.05) is 23.7 Å². The fourth-order valence-corrected chi connectivity index (χ4v) is 4.06. The molecule has 8 heteroatoms. The van der Waals surface area contributed by atoms with Crippen LogP contribution in [0.2, 0.25) is 0 Å². The molecule has 1 saturated heterocycles. The van der Waals surface area contributed by atoms with Crippen molar-refractivity contribution in [3.8, 4) is 0 Å². The number of carbonyl (C=O) groups excluding carboxylic acids is 1. The maximum absolute atomic E-state index is 12.3. The molecule has 0 bridgehead atoms. The molecule has 1 aliphatic rings. The highest BCUT2D eigenvalue weighted by atomic mass is 35.5. The van der Waals surface area contributed by atoms with Crippen LogP contribution in [-0.4, -0.2) is 39.0 Å². The summed E-state index contributed by atoms with van der Waals surface area (Å²) in [5.74, 6) is -0.159. The molecule has 25 heavy (non-hydrogen) atoms. The lowest BCUT2D eigenvalue weighted by Crippen LogP contribution is -2.46. The summed E-state index contributed by atoms with van der Waals surface area (Å²) in [6.07, 6.45) is 2.52. The zero-order chi connectivity index (χ0) is 17.7. The van der Waals surface area contributed by atoms with Crippen LogP contribution in [0, 0.1) is 0 Å². The second-order valence-corrected chi connectivity index (χ2v) is 8.22. The quantitative estimate of drug-likeness (QED) is 0.694. The van der Waals surface area contributed by atoms with Crippen LogP contribution >= 0.6 is 12.4 Å². The van der Waals surface area contributed by atoms with Gasteiger partial charge in [0.1, 0.15) is 0 Å². The van der Waals surface area contributed by atoms with E-state index in [-0.39, 0.29) is 35.3 Å². The lowest BCUT2D eigenvalue weighted by Gasteiger charge is -2.28. The van der Waals surface area contributed by atoms with Crippen LogP contribution in [0.5, 0.6) is 0 Å². The topological polar surface area (TPSA) is 87.3 Å². The molecule has 1 amide bonds. The summed E-state index contributed by atoms with van der Waals surface area (Å²) in [7, 11) is -3.54. The van der Waals surface area contributed by atoms with E-state index in [4.69, 9.17) is 0 Å². The normalized spacial score (nSPS) is 21.9. The Hall–Kier alpha value is -1.15. The van der Waals surface area contributed by atoms with Crippen LogP contribution in [0.4, 0.5) is 0 Å². The maximum atomic E-state index is 12.3. The van der Waals surface area contributed by atoms with Crippen molar-refractivity contribution in [2.45, 2.75) is 63.1 Å². The summed E-state index contributed by atoms with van der Waals surface area (Å²) in [5, 5.41) is 6.37. The van der Waals surface area contributed by atoms with Gasteiger partial charge in [-0.1, -0.05) is 6.92 Å². The Morgan fingerprint density at radius 3 is 2.52 bits per heavy atom. The van der Waals surface area contributed by atoms with Gasteiger partial charge < -0.3 is 10.6 Å². The highest BCUT2D eigenvalue weighted by molar-refractivity contribution is 7.89. The molecule has 0 spiro atoms. The van der Waals surface area contributed by atoms with Crippen LogP contribution in [0.1, 0.15) is 50.4 Å². The Balaban J connectivity index is 0.00000312. The number of halogens is 1. The van der Waals surface area contributed by atoms with Crippen molar-refractivity contribution in [1.82, 2.24) is 15.4 Å². The van der Waals surface area contributed by atoms with Gasteiger partial charge in [0.15, 0.2) is 0 Å². The summed E-state index contributed by atoms with van der Waals surface area (Å²) in [6, 6.07) is 6.50. The van der Waals surface area contributed by atoms with Crippen LogP contribution < -0.4 is 15.4 Å². The van der Waals surface area contributed by atoms with Gasteiger partial charge in [-0.2, -0.15) is 0 Å². The Morgan fingerprint density at radius 1 is 1.32 bits per heavy atom. The third kappa shape index (κ3) is 6.26. The summed E-state index contributed by atoms with van der Waals surface area (Å²) in [4.78, 5) is 12.5. The number of sulfonamides is 1. The van der Waals surface area contributed by atoms with E-state index >= 15 is 0 Å². The van der Waals surface area contributed by atoms with Crippen molar-refractivity contribution in [1.29, 1.82) is 0 Å². The van der Waals surface area contributed by atoms with Crippen LogP contribution in [-0.2, 0) is 10.0 Å². The summed E-state index contributed by atoms with van der Waals surface area (Å²) < 4.78 is 27.0. The monoisotopic (exact) mass is 389 g/mol. The fourth-order valence-electron chi connectivity index (χ4n) is 2.73. The lowest BCUT2D eigenvalue weighted by molar-refractivity contribution is 0.0925. The minimum atomic E-state index is -3.54. The average Bonchev–Trinajstić information content (AvgIpc) is 2.54. The molecule has 142 valence electrons. The first-order chi connectivity index (χ1) is 11.3. The van der Waals surface area contributed by atoms with E-state index in [0.717, 1.165) is 19.4 Å². The molecule has 0 aliphatic carbocycles. The molecule has 1 heterocycles. The highest BCUT2D eigenvalue weighted by Crippen LogP contribution is 2.13. The van der Waals surface area contributed by atoms with E-state index in [0.29, 0.717) is 18.0 Å². The van der Waals surface area contributed by atoms with Gasteiger partial charge in [0.25, 0.3) is 5.91 Å². The summed E-state index contributed by atoms with van der Waals surface area (Å²) in [6.45, 7) is 6.73. The lowest BCUT2D eigenvalue weighted by atomic mass is 10.0. The van der Waals surface area contributed by atoms with Crippen molar-refractivity contribution >= 4 is 28.3 Å². The number of amides is 1. The molecule has 0 aromatic heterocycles. The van der Waals surface area contributed by atoms with Crippen molar-refractivity contribution in [3.63, 3.8) is 0 Å². The fraction of sp³-hybridized carbons (Fsp3) is 0.588. The first-order valence-electron chi connectivity index (χ1n) is 8.48. The number of rotatable bonds is 6. The molecule has 1 aromatic rings. The SMILES string of the molecule is CCC(C)NS(=O)(=O)c1ccc(C(=O)NC2CCNC(C)C2)cc1.Cl. The predicted molar refractivity (Wildman–Crippen MR) is 102 cm³/mol. The zero-order valence-corrected chi connectivity index (χ0v) is 16.5. The minimum absolute atomic E-state index is 0. The van der Waals surface area contributed by atoms with Crippen molar-refractivity contribution in [2.75, 3.05) is 6.54 Å². The number of hydrogen-bond acceptors (Lipinski definition) is 4. The smallest absolute Gasteiger partial charge is 0.251 e. The number of hydrogen-bond donors (Lipinski definition) is 3. The minimum Gasteiger partial charge on any atom is -0.349 e. The molecule has 2 rings (SSSR count). The molecular weight excluding hydrogens is 362 g/mol. The van der Waals surface area contributed by atoms with Gasteiger partial charge in [0.2, 0.25) is 10.0 Å². The highest BCUT2D eigenvalue weighted by Gasteiger charge is 2.21. The molecule has 1 aliphatic heterocycles. The third-order valence-corrected chi connectivity index (χ3v) is 5.96. The Bertz CT molecular complexity index is 664. The maximum Gasteiger partial charge on any atom is 0.251 e. The van der Waals surface area contributed by atoms with E-state index in [9.17, 15) is 13.2 Å². The second kappa shape index (κ2) is 9.52. The predicted octanol–water partition coefficient (Wildman–Crippen LogP) is 2.06. The Kier molecular flexibility index (Phi) is 8.34. The number of nitrogens with one attached hydrogen (secondary N) is 3. The van der Waals surface area contributed by atoms with Crippen molar-refractivity contribution in [2.24, 2.45) is 0 Å². The number of carbonyl (C=O) groups is 1. The van der Waals surface area contributed by atoms with Crippen LogP contribution in [0.25, 0.3) is 0 Å². The van der Waals surface area contributed by atoms with E-state index in [1.165, 1.54) is 12.1 Å². The first kappa shape index (κ1) is 21.9. The van der Waals surface area contributed by atoms with Crippen LogP contribution in [0.3, 0.4) is 0 Å². The molecule has 3 atom stereocenters. The first-order valence-corrected chi connectivity index (χ1v) is 9.96. The van der Waals surface area contributed by atoms with E-state index in [1.54, 1.807) is 12.1 Å². The number of benzene rings is 1. The van der Waals surface area contributed by atoms with Gasteiger partial charge in [-0.15, -0.1) is 12.4 Å². The van der Waals surface area contributed by atoms with Crippen molar-refractivity contribution < 1.29 is 13.2 Å².